The maximum Gasteiger partial charge on any atom is 0.0715 e. The second kappa shape index (κ2) is 5.51. The Balaban J connectivity index is 2.03. The molecule has 0 aromatic heterocycles. The summed E-state index contributed by atoms with van der Waals surface area (Å²) in [5, 5.41) is 6.42. The van der Waals surface area contributed by atoms with Crippen LogP contribution >= 0.6 is 0 Å². The molecule has 0 aliphatic carbocycles. The van der Waals surface area contributed by atoms with E-state index in [4.69, 9.17) is 4.74 Å². The Morgan fingerprint density at radius 2 is 2.50 bits per heavy atom. The predicted octanol–water partition coefficient (Wildman–Crippen LogP) is 0.363. The molecule has 1 heterocycles. The molecule has 1 fully saturated rings. The summed E-state index contributed by atoms with van der Waals surface area (Å²) in [5.74, 6) is 0. The van der Waals surface area contributed by atoms with Gasteiger partial charge in [0.1, 0.15) is 0 Å². The van der Waals surface area contributed by atoms with Gasteiger partial charge in [-0.1, -0.05) is 0 Å². The van der Waals surface area contributed by atoms with Gasteiger partial charge in [-0.3, -0.25) is 0 Å². The third-order valence-electron chi connectivity index (χ3n) is 2.24. The highest BCUT2D eigenvalue weighted by Gasteiger charge is 2.16. The SMILES string of the molecule is CNCCC(C)OC1CCNC1. The van der Waals surface area contributed by atoms with Crippen molar-refractivity contribution in [3.05, 3.63) is 0 Å². The molecule has 3 nitrogen and oxygen atoms in total. The minimum absolute atomic E-state index is 0.391. The van der Waals surface area contributed by atoms with Crippen LogP contribution in [-0.2, 0) is 4.74 Å². The van der Waals surface area contributed by atoms with Crippen LogP contribution in [0, 0.1) is 0 Å². The topological polar surface area (TPSA) is 33.3 Å². The van der Waals surface area contributed by atoms with Gasteiger partial charge in [-0.25, -0.2) is 0 Å². The Kier molecular flexibility index (Phi) is 4.58. The Bertz CT molecular complexity index is 113. The first-order chi connectivity index (χ1) is 5.83. The summed E-state index contributed by atoms with van der Waals surface area (Å²) in [4.78, 5) is 0. The molecule has 1 saturated heterocycles. The van der Waals surface area contributed by atoms with E-state index in [2.05, 4.69) is 17.6 Å². The van der Waals surface area contributed by atoms with E-state index < -0.39 is 0 Å². The van der Waals surface area contributed by atoms with Crippen molar-refractivity contribution in [1.29, 1.82) is 0 Å². The van der Waals surface area contributed by atoms with Gasteiger partial charge >= 0.3 is 0 Å². The molecule has 0 amide bonds. The van der Waals surface area contributed by atoms with Crippen LogP contribution in [0.5, 0.6) is 0 Å². The van der Waals surface area contributed by atoms with Crippen molar-refractivity contribution in [2.45, 2.75) is 32.0 Å². The average Bonchev–Trinajstić information content (AvgIpc) is 2.53. The van der Waals surface area contributed by atoms with E-state index >= 15 is 0 Å². The zero-order chi connectivity index (χ0) is 8.81. The molecule has 0 aromatic carbocycles. The lowest BCUT2D eigenvalue weighted by molar-refractivity contribution is 0.00579. The minimum atomic E-state index is 0.391. The Labute approximate surface area is 74.9 Å². The second-order valence-electron chi connectivity index (χ2n) is 3.45. The fourth-order valence-electron chi connectivity index (χ4n) is 1.49. The first-order valence-electron chi connectivity index (χ1n) is 4.83. The van der Waals surface area contributed by atoms with Crippen LogP contribution < -0.4 is 10.6 Å². The lowest BCUT2D eigenvalue weighted by atomic mass is 10.2. The third kappa shape index (κ3) is 3.52. The third-order valence-corrected chi connectivity index (χ3v) is 2.24. The molecule has 0 bridgehead atoms. The summed E-state index contributed by atoms with van der Waals surface area (Å²) >= 11 is 0. The van der Waals surface area contributed by atoms with Crippen LogP contribution in [0.25, 0.3) is 0 Å². The van der Waals surface area contributed by atoms with Crippen LogP contribution in [0.4, 0.5) is 0 Å². The largest absolute Gasteiger partial charge is 0.374 e. The highest BCUT2D eigenvalue weighted by molar-refractivity contribution is 4.72. The van der Waals surface area contributed by atoms with Crippen LogP contribution in [0.2, 0.25) is 0 Å². The van der Waals surface area contributed by atoms with Crippen LogP contribution in [-0.4, -0.2) is 38.9 Å². The summed E-state index contributed by atoms with van der Waals surface area (Å²) in [6, 6.07) is 0. The molecular formula is C9H20N2O. The smallest absolute Gasteiger partial charge is 0.0715 e. The molecule has 1 aliphatic rings. The van der Waals surface area contributed by atoms with E-state index in [1.165, 1.54) is 6.42 Å². The number of hydrogen-bond donors (Lipinski definition) is 2. The monoisotopic (exact) mass is 172 g/mol. The quantitative estimate of drug-likeness (QED) is 0.628. The van der Waals surface area contributed by atoms with Gasteiger partial charge in [-0.15, -0.1) is 0 Å². The van der Waals surface area contributed by atoms with Gasteiger partial charge in [-0.05, 0) is 39.9 Å². The highest BCUT2D eigenvalue weighted by atomic mass is 16.5. The van der Waals surface area contributed by atoms with Gasteiger partial charge < -0.3 is 15.4 Å². The van der Waals surface area contributed by atoms with Crippen molar-refractivity contribution < 1.29 is 4.74 Å². The standard InChI is InChI=1S/C9H20N2O/c1-8(3-5-10-2)12-9-4-6-11-7-9/h8-11H,3-7H2,1-2H3. The van der Waals surface area contributed by atoms with Gasteiger partial charge in [0.2, 0.25) is 0 Å². The van der Waals surface area contributed by atoms with E-state index in [-0.39, 0.29) is 0 Å². The number of rotatable bonds is 5. The summed E-state index contributed by atoms with van der Waals surface area (Å²) in [7, 11) is 1.98. The van der Waals surface area contributed by atoms with Crippen molar-refractivity contribution in [3.63, 3.8) is 0 Å². The Morgan fingerprint density at radius 1 is 1.67 bits per heavy atom. The lowest BCUT2D eigenvalue weighted by Crippen LogP contribution is -2.24. The van der Waals surface area contributed by atoms with E-state index in [1.54, 1.807) is 0 Å². The fraction of sp³-hybridized carbons (Fsp3) is 1.00. The zero-order valence-corrected chi connectivity index (χ0v) is 8.10. The maximum atomic E-state index is 5.81. The normalized spacial score (nSPS) is 26.0. The van der Waals surface area contributed by atoms with E-state index in [0.29, 0.717) is 12.2 Å². The average molecular weight is 172 g/mol. The minimum Gasteiger partial charge on any atom is -0.374 e. The van der Waals surface area contributed by atoms with Crippen molar-refractivity contribution in [3.8, 4) is 0 Å². The Hall–Kier alpha value is -0.120. The molecule has 2 unspecified atom stereocenters. The first-order valence-corrected chi connectivity index (χ1v) is 4.83. The molecule has 3 heteroatoms. The molecule has 0 aromatic rings. The van der Waals surface area contributed by atoms with Gasteiger partial charge in [0, 0.05) is 6.54 Å². The fourth-order valence-corrected chi connectivity index (χ4v) is 1.49. The first kappa shape index (κ1) is 9.96. The lowest BCUT2D eigenvalue weighted by Gasteiger charge is -2.17. The number of ether oxygens (including phenoxy) is 1. The number of nitrogens with one attached hydrogen (secondary N) is 2. The van der Waals surface area contributed by atoms with Crippen molar-refractivity contribution in [2.75, 3.05) is 26.7 Å². The summed E-state index contributed by atoms with van der Waals surface area (Å²) in [6.45, 7) is 5.34. The molecule has 1 aliphatic heterocycles. The van der Waals surface area contributed by atoms with E-state index in [1.807, 2.05) is 7.05 Å². The molecule has 2 atom stereocenters. The maximum absolute atomic E-state index is 5.81. The molecule has 0 saturated carbocycles. The van der Waals surface area contributed by atoms with Crippen molar-refractivity contribution in [1.82, 2.24) is 10.6 Å². The van der Waals surface area contributed by atoms with Crippen molar-refractivity contribution >= 4 is 0 Å². The molecule has 1 rings (SSSR count). The molecule has 72 valence electrons. The van der Waals surface area contributed by atoms with Gasteiger partial charge in [0.25, 0.3) is 0 Å². The summed E-state index contributed by atoms with van der Waals surface area (Å²) in [6.07, 6.45) is 3.12. The number of hydrogen-bond acceptors (Lipinski definition) is 3. The summed E-state index contributed by atoms with van der Waals surface area (Å²) in [5.41, 5.74) is 0. The second-order valence-corrected chi connectivity index (χ2v) is 3.45. The molecule has 0 radical (unpaired) electrons. The van der Waals surface area contributed by atoms with E-state index in [9.17, 15) is 0 Å². The zero-order valence-electron chi connectivity index (χ0n) is 8.10. The van der Waals surface area contributed by atoms with Crippen LogP contribution in [0.3, 0.4) is 0 Å². The Morgan fingerprint density at radius 3 is 3.08 bits per heavy atom. The van der Waals surface area contributed by atoms with Gasteiger partial charge in [-0.2, -0.15) is 0 Å². The highest BCUT2D eigenvalue weighted by Crippen LogP contribution is 2.08. The van der Waals surface area contributed by atoms with Gasteiger partial charge in [0.05, 0.1) is 12.2 Å². The van der Waals surface area contributed by atoms with Crippen molar-refractivity contribution in [2.24, 2.45) is 0 Å². The van der Waals surface area contributed by atoms with Crippen LogP contribution in [0.1, 0.15) is 19.8 Å². The van der Waals surface area contributed by atoms with E-state index in [0.717, 1.165) is 26.1 Å². The molecule has 12 heavy (non-hydrogen) atoms. The molecule has 2 N–H and O–H groups in total. The molecule has 0 spiro atoms. The van der Waals surface area contributed by atoms with Gasteiger partial charge in [0.15, 0.2) is 0 Å². The molecular weight excluding hydrogens is 152 g/mol. The van der Waals surface area contributed by atoms with Crippen LogP contribution in [0.15, 0.2) is 0 Å². The summed E-state index contributed by atoms with van der Waals surface area (Å²) < 4.78 is 5.81. The predicted molar refractivity (Wildman–Crippen MR) is 50.4 cm³/mol.